The first-order valence-electron chi connectivity index (χ1n) is 8.89. The lowest BCUT2D eigenvalue weighted by molar-refractivity contribution is 0.204. The summed E-state index contributed by atoms with van der Waals surface area (Å²) < 4.78 is 1.84. The number of hydrogen-bond acceptors (Lipinski definition) is 4. The number of phenols is 1. The van der Waals surface area contributed by atoms with Crippen molar-refractivity contribution in [3.8, 4) is 5.75 Å². The average molecular weight is 336 g/mol. The number of benzene rings is 1. The fraction of sp³-hybridized carbons (Fsp3) is 0.400. The quantitative estimate of drug-likeness (QED) is 0.797. The Morgan fingerprint density at radius 2 is 1.88 bits per heavy atom. The number of aryl methyl sites for hydroxylation is 2. The number of nitrogens with zero attached hydrogens (tertiary/aromatic N) is 4. The van der Waals surface area contributed by atoms with E-state index >= 15 is 0 Å². The molecule has 3 heterocycles. The summed E-state index contributed by atoms with van der Waals surface area (Å²) >= 11 is 0. The molecule has 5 nitrogen and oxygen atoms in total. The first kappa shape index (κ1) is 16.1. The second-order valence-electron chi connectivity index (χ2n) is 7.07. The zero-order valence-corrected chi connectivity index (χ0v) is 14.8. The van der Waals surface area contributed by atoms with Gasteiger partial charge in [-0.15, -0.1) is 0 Å². The number of pyridine rings is 1. The van der Waals surface area contributed by atoms with Crippen molar-refractivity contribution in [2.24, 2.45) is 7.05 Å². The third-order valence-corrected chi connectivity index (χ3v) is 5.28. The Bertz CT molecular complexity index is 877. The Morgan fingerprint density at radius 1 is 1.16 bits per heavy atom. The highest BCUT2D eigenvalue weighted by Crippen LogP contribution is 2.29. The Labute approximate surface area is 147 Å². The van der Waals surface area contributed by atoms with Crippen molar-refractivity contribution in [1.82, 2.24) is 19.7 Å². The second-order valence-corrected chi connectivity index (χ2v) is 7.07. The maximum atomic E-state index is 9.44. The summed E-state index contributed by atoms with van der Waals surface area (Å²) in [5.41, 5.74) is 4.59. The molecule has 0 unspecified atom stereocenters. The van der Waals surface area contributed by atoms with Gasteiger partial charge in [0.1, 0.15) is 5.75 Å². The van der Waals surface area contributed by atoms with Crippen molar-refractivity contribution in [3.63, 3.8) is 0 Å². The Balaban J connectivity index is 1.41. The zero-order chi connectivity index (χ0) is 17.4. The van der Waals surface area contributed by atoms with Gasteiger partial charge in [0.05, 0.1) is 5.69 Å². The zero-order valence-electron chi connectivity index (χ0n) is 14.8. The van der Waals surface area contributed by atoms with Gasteiger partial charge in [0, 0.05) is 25.2 Å². The molecule has 2 aromatic heterocycles. The highest BCUT2D eigenvalue weighted by atomic mass is 16.3. The molecule has 0 radical (unpaired) electrons. The normalized spacial score (nSPS) is 16.6. The molecule has 0 atom stereocenters. The number of fused-ring (bicyclic) bond motifs is 1. The van der Waals surface area contributed by atoms with Crippen LogP contribution in [-0.4, -0.2) is 37.9 Å². The fourth-order valence-corrected chi connectivity index (χ4v) is 3.87. The molecule has 3 aromatic rings. The molecule has 5 heteroatoms. The van der Waals surface area contributed by atoms with Crippen LogP contribution in [0.1, 0.15) is 35.6 Å². The van der Waals surface area contributed by atoms with Gasteiger partial charge in [-0.2, -0.15) is 5.10 Å². The topological polar surface area (TPSA) is 54.2 Å². The standard InChI is InChI=1S/C20H24N4O/c1-14-19-11-15(12-21-20(19)23(2)22-14)13-24-9-7-17(8-10-24)16-3-5-18(25)6-4-16/h3-6,11-12,17,25H,7-10,13H2,1-2H3. The van der Waals surface area contributed by atoms with E-state index in [0.29, 0.717) is 11.7 Å². The van der Waals surface area contributed by atoms with Gasteiger partial charge in [-0.25, -0.2) is 4.98 Å². The summed E-state index contributed by atoms with van der Waals surface area (Å²) in [6, 6.07) is 9.92. The number of phenolic OH excluding ortho intramolecular Hbond substituents is 1. The molecule has 1 fully saturated rings. The lowest BCUT2D eigenvalue weighted by atomic mass is 9.89. The van der Waals surface area contributed by atoms with Gasteiger partial charge in [0.25, 0.3) is 0 Å². The summed E-state index contributed by atoms with van der Waals surface area (Å²) in [7, 11) is 1.94. The van der Waals surface area contributed by atoms with Gasteiger partial charge >= 0.3 is 0 Å². The number of piperidine rings is 1. The number of hydrogen-bond donors (Lipinski definition) is 1. The first-order chi connectivity index (χ1) is 12.1. The van der Waals surface area contributed by atoms with Crippen LogP contribution in [0.3, 0.4) is 0 Å². The van der Waals surface area contributed by atoms with Gasteiger partial charge in [-0.1, -0.05) is 12.1 Å². The van der Waals surface area contributed by atoms with Crippen LogP contribution in [-0.2, 0) is 13.6 Å². The molecular weight excluding hydrogens is 312 g/mol. The largest absolute Gasteiger partial charge is 0.508 e. The summed E-state index contributed by atoms with van der Waals surface area (Å²) in [6.07, 6.45) is 4.30. The van der Waals surface area contributed by atoms with Gasteiger partial charge in [-0.05, 0) is 68.1 Å². The number of aromatic hydroxyl groups is 1. The van der Waals surface area contributed by atoms with E-state index in [4.69, 9.17) is 0 Å². The summed E-state index contributed by atoms with van der Waals surface area (Å²) in [5.74, 6) is 0.938. The van der Waals surface area contributed by atoms with Crippen molar-refractivity contribution in [2.45, 2.75) is 32.2 Å². The van der Waals surface area contributed by atoms with Crippen LogP contribution in [0.25, 0.3) is 11.0 Å². The van der Waals surface area contributed by atoms with Crippen molar-refractivity contribution in [1.29, 1.82) is 0 Å². The van der Waals surface area contributed by atoms with E-state index < -0.39 is 0 Å². The highest BCUT2D eigenvalue weighted by molar-refractivity contribution is 5.78. The predicted molar refractivity (Wildman–Crippen MR) is 98.6 cm³/mol. The van der Waals surface area contributed by atoms with Crippen LogP contribution >= 0.6 is 0 Å². The molecule has 1 aliphatic heterocycles. The lowest BCUT2D eigenvalue weighted by Gasteiger charge is -2.32. The van der Waals surface area contributed by atoms with Crippen LogP contribution in [0.5, 0.6) is 5.75 Å². The molecule has 25 heavy (non-hydrogen) atoms. The molecule has 1 aliphatic rings. The first-order valence-corrected chi connectivity index (χ1v) is 8.89. The summed E-state index contributed by atoms with van der Waals surface area (Å²) in [5, 5.41) is 15.0. The van der Waals surface area contributed by atoms with E-state index in [1.54, 1.807) is 12.1 Å². The molecule has 0 spiro atoms. The van der Waals surface area contributed by atoms with Crippen molar-refractivity contribution in [3.05, 3.63) is 53.3 Å². The van der Waals surface area contributed by atoms with E-state index in [1.807, 2.05) is 24.9 Å². The molecule has 1 saturated heterocycles. The monoisotopic (exact) mass is 336 g/mol. The fourth-order valence-electron chi connectivity index (χ4n) is 3.87. The van der Waals surface area contributed by atoms with Gasteiger partial charge in [0.2, 0.25) is 0 Å². The van der Waals surface area contributed by atoms with Crippen molar-refractivity contribution >= 4 is 11.0 Å². The predicted octanol–water partition coefficient (Wildman–Crippen LogP) is 3.36. The molecule has 0 aliphatic carbocycles. The minimum atomic E-state index is 0.342. The third-order valence-electron chi connectivity index (χ3n) is 5.28. The average Bonchev–Trinajstić information content (AvgIpc) is 2.90. The number of aromatic nitrogens is 3. The van der Waals surface area contributed by atoms with Crippen LogP contribution in [0, 0.1) is 6.92 Å². The van der Waals surface area contributed by atoms with Gasteiger partial charge < -0.3 is 5.11 Å². The SMILES string of the molecule is Cc1nn(C)c2ncc(CN3CCC(c4ccc(O)cc4)CC3)cc12. The minimum absolute atomic E-state index is 0.342. The van der Waals surface area contributed by atoms with Crippen molar-refractivity contribution in [2.75, 3.05) is 13.1 Å². The molecule has 130 valence electrons. The third kappa shape index (κ3) is 3.24. The molecular formula is C20H24N4O. The number of likely N-dealkylation sites (tertiary alicyclic amines) is 1. The van der Waals surface area contributed by atoms with E-state index in [2.05, 4.69) is 33.2 Å². The van der Waals surface area contributed by atoms with Gasteiger partial charge in [0.15, 0.2) is 5.65 Å². The lowest BCUT2D eigenvalue weighted by Crippen LogP contribution is -2.32. The highest BCUT2D eigenvalue weighted by Gasteiger charge is 2.21. The van der Waals surface area contributed by atoms with Crippen LogP contribution in [0.2, 0.25) is 0 Å². The van der Waals surface area contributed by atoms with Crippen LogP contribution in [0.4, 0.5) is 0 Å². The molecule has 1 aromatic carbocycles. The van der Waals surface area contributed by atoms with E-state index in [0.717, 1.165) is 49.2 Å². The van der Waals surface area contributed by atoms with E-state index in [1.165, 1.54) is 11.1 Å². The molecule has 0 amide bonds. The van der Waals surface area contributed by atoms with Crippen LogP contribution < -0.4 is 0 Å². The van der Waals surface area contributed by atoms with Crippen molar-refractivity contribution < 1.29 is 5.11 Å². The van der Waals surface area contributed by atoms with Crippen LogP contribution in [0.15, 0.2) is 36.5 Å². The second kappa shape index (κ2) is 6.48. The number of rotatable bonds is 3. The smallest absolute Gasteiger partial charge is 0.157 e. The Hall–Kier alpha value is -2.40. The molecule has 4 rings (SSSR count). The summed E-state index contributed by atoms with van der Waals surface area (Å²) in [4.78, 5) is 7.09. The summed E-state index contributed by atoms with van der Waals surface area (Å²) in [6.45, 7) is 5.17. The maximum absolute atomic E-state index is 9.44. The maximum Gasteiger partial charge on any atom is 0.157 e. The molecule has 0 bridgehead atoms. The Kier molecular flexibility index (Phi) is 4.17. The molecule has 1 N–H and O–H groups in total. The minimum Gasteiger partial charge on any atom is -0.508 e. The van der Waals surface area contributed by atoms with E-state index in [9.17, 15) is 5.11 Å². The Morgan fingerprint density at radius 3 is 2.60 bits per heavy atom. The van der Waals surface area contributed by atoms with Gasteiger partial charge in [-0.3, -0.25) is 9.58 Å². The van der Waals surface area contributed by atoms with E-state index in [-0.39, 0.29) is 0 Å². The molecule has 0 saturated carbocycles.